The monoisotopic (exact) mass is 284 g/mol. The number of nitrogens with zero attached hydrogens (tertiary/aromatic N) is 2. The molecule has 0 spiro atoms. The summed E-state index contributed by atoms with van der Waals surface area (Å²) in [7, 11) is 0. The van der Waals surface area contributed by atoms with Crippen LogP contribution in [0.3, 0.4) is 0 Å². The predicted octanol–water partition coefficient (Wildman–Crippen LogP) is 3.55. The normalized spacial score (nSPS) is 15.7. The smallest absolute Gasteiger partial charge is 0.356 e. The Bertz CT molecular complexity index is 644. The first-order valence-electron chi connectivity index (χ1n) is 7.50. The first kappa shape index (κ1) is 13.9. The minimum absolute atomic E-state index is 0.0729. The van der Waals surface area contributed by atoms with Crippen molar-refractivity contribution in [3.8, 4) is 0 Å². The quantitative estimate of drug-likeness (QED) is 0.789. The third kappa shape index (κ3) is 2.71. The van der Waals surface area contributed by atoms with E-state index >= 15 is 0 Å². The second-order valence-electron chi connectivity index (χ2n) is 5.49. The molecule has 1 unspecified atom stereocenters. The van der Waals surface area contributed by atoms with Gasteiger partial charge >= 0.3 is 5.97 Å². The highest BCUT2D eigenvalue weighted by atomic mass is 16.5. The van der Waals surface area contributed by atoms with Gasteiger partial charge in [0.2, 0.25) is 0 Å². The number of rotatable bonds is 5. The van der Waals surface area contributed by atoms with Crippen LogP contribution in [-0.2, 0) is 4.74 Å². The Hall–Kier alpha value is -2.10. The third-order valence-corrected chi connectivity index (χ3v) is 4.03. The lowest BCUT2D eigenvalue weighted by atomic mass is 9.98. The summed E-state index contributed by atoms with van der Waals surface area (Å²) in [6.07, 6.45) is 5.81. The summed E-state index contributed by atoms with van der Waals surface area (Å²) in [5.74, 6) is 0.365. The number of esters is 1. The van der Waals surface area contributed by atoms with E-state index in [2.05, 4.69) is 36.2 Å². The molecular weight excluding hydrogens is 264 g/mol. The molecule has 110 valence electrons. The van der Waals surface area contributed by atoms with Crippen LogP contribution in [0.25, 0.3) is 0 Å². The van der Waals surface area contributed by atoms with E-state index in [1.165, 1.54) is 24.0 Å². The lowest BCUT2D eigenvalue weighted by molar-refractivity contribution is 0.0512. The standard InChI is InChI=1S/C17H20N2O2/c1-3-21-17(20)16-10-18-11-19(16)12(2)14-6-4-5-7-15(14)13-8-9-13/h4-7,10-13H,3,8-9H2,1-2H3. The number of benzene rings is 1. The molecule has 0 radical (unpaired) electrons. The number of carbonyl (C=O) groups is 1. The van der Waals surface area contributed by atoms with Gasteiger partial charge in [0.15, 0.2) is 0 Å². The molecule has 0 saturated heterocycles. The summed E-state index contributed by atoms with van der Waals surface area (Å²) in [6.45, 7) is 4.28. The second kappa shape index (κ2) is 5.72. The Labute approximate surface area is 124 Å². The fourth-order valence-corrected chi connectivity index (χ4v) is 2.78. The van der Waals surface area contributed by atoms with Crippen LogP contribution in [0.4, 0.5) is 0 Å². The number of aromatic nitrogens is 2. The fourth-order valence-electron chi connectivity index (χ4n) is 2.78. The maximum atomic E-state index is 12.0. The molecule has 1 fully saturated rings. The van der Waals surface area contributed by atoms with Crippen molar-refractivity contribution < 1.29 is 9.53 Å². The van der Waals surface area contributed by atoms with Crippen molar-refractivity contribution in [3.63, 3.8) is 0 Å². The summed E-state index contributed by atoms with van der Waals surface area (Å²) in [4.78, 5) is 16.1. The first-order chi connectivity index (χ1) is 10.2. The molecular formula is C17H20N2O2. The van der Waals surface area contributed by atoms with Crippen molar-refractivity contribution in [1.29, 1.82) is 0 Å². The SMILES string of the molecule is CCOC(=O)c1cncn1C(C)c1ccccc1C1CC1. The van der Waals surface area contributed by atoms with Crippen molar-refractivity contribution in [2.24, 2.45) is 0 Å². The number of hydrogen-bond acceptors (Lipinski definition) is 3. The van der Waals surface area contributed by atoms with E-state index in [0.29, 0.717) is 18.2 Å². The van der Waals surface area contributed by atoms with Crippen LogP contribution in [0.15, 0.2) is 36.8 Å². The largest absolute Gasteiger partial charge is 0.461 e. The van der Waals surface area contributed by atoms with Crippen LogP contribution in [0.5, 0.6) is 0 Å². The molecule has 0 amide bonds. The topological polar surface area (TPSA) is 44.1 Å². The van der Waals surface area contributed by atoms with E-state index in [9.17, 15) is 4.79 Å². The number of carbonyl (C=O) groups excluding carboxylic acids is 1. The zero-order chi connectivity index (χ0) is 14.8. The van der Waals surface area contributed by atoms with Gasteiger partial charge in [0.25, 0.3) is 0 Å². The highest BCUT2D eigenvalue weighted by molar-refractivity contribution is 5.87. The Morgan fingerprint density at radius 1 is 1.43 bits per heavy atom. The van der Waals surface area contributed by atoms with E-state index in [1.807, 2.05) is 11.5 Å². The third-order valence-electron chi connectivity index (χ3n) is 4.03. The van der Waals surface area contributed by atoms with Gasteiger partial charge in [-0.15, -0.1) is 0 Å². The van der Waals surface area contributed by atoms with Crippen LogP contribution >= 0.6 is 0 Å². The van der Waals surface area contributed by atoms with Gasteiger partial charge in [-0.1, -0.05) is 24.3 Å². The van der Waals surface area contributed by atoms with Crippen LogP contribution in [0.2, 0.25) is 0 Å². The van der Waals surface area contributed by atoms with E-state index in [-0.39, 0.29) is 12.0 Å². The maximum Gasteiger partial charge on any atom is 0.356 e. The average Bonchev–Trinajstić information content (AvgIpc) is 3.23. The molecule has 1 atom stereocenters. The zero-order valence-electron chi connectivity index (χ0n) is 12.5. The Balaban J connectivity index is 1.94. The van der Waals surface area contributed by atoms with Crippen LogP contribution in [-0.4, -0.2) is 22.1 Å². The molecule has 1 aromatic heterocycles. The van der Waals surface area contributed by atoms with Crippen LogP contribution < -0.4 is 0 Å². The van der Waals surface area contributed by atoms with Gasteiger partial charge in [0.05, 0.1) is 25.2 Å². The molecule has 1 heterocycles. The molecule has 1 aliphatic carbocycles. The lowest BCUT2D eigenvalue weighted by Crippen LogP contribution is -2.16. The van der Waals surface area contributed by atoms with Crippen molar-refractivity contribution in [1.82, 2.24) is 9.55 Å². The molecule has 1 saturated carbocycles. The van der Waals surface area contributed by atoms with Gasteiger partial charge in [-0.25, -0.2) is 9.78 Å². The van der Waals surface area contributed by atoms with Gasteiger partial charge in [-0.05, 0) is 43.7 Å². The summed E-state index contributed by atoms with van der Waals surface area (Å²) >= 11 is 0. The van der Waals surface area contributed by atoms with Crippen molar-refractivity contribution in [2.75, 3.05) is 6.61 Å². The van der Waals surface area contributed by atoms with Gasteiger partial charge in [-0.2, -0.15) is 0 Å². The number of hydrogen-bond donors (Lipinski definition) is 0. The van der Waals surface area contributed by atoms with Crippen molar-refractivity contribution >= 4 is 5.97 Å². The van der Waals surface area contributed by atoms with Gasteiger partial charge in [-0.3, -0.25) is 0 Å². The van der Waals surface area contributed by atoms with E-state index in [0.717, 1.165) is 0 Å². The second-order valence-corrected chi connectivity index (χ2v) is 5.49. The molecule has 1 aromatic carbocycles. The summed E-state index contributed by atoms with van der Waals surface area (Å²) in [6, 6.07) is 8.56. The molecule has 3 rings (SSSR count). The summed E-state index contributed by atoms with van der Waals surface area (Å²) in [5.41, 5.74) is 3.17. The molecule has 4 heteroatoms. The summed E-state index contributed by atoms with van der Waals surface area (Å²) < 4.78 is 7.01. The highest BCUT2D eigenvalue weighted by Gasteiger charge is 2.28. The van der Waals surface area contributed by atoms with Crippen LogP contribution in [0, 0.1) is 0 Å². The van der Waals surface area contributed by atoms with E-state index in [4.69, 9.17) is 4.74 Å². The van der Waals surface area contributed by atoms with Crippen LogP contribution in [0.1, 0.15) is 60.3 Å². The molecule has 1 aliphatic rings. The minimum Gasteiger partial charge on any atom is -0.461 e. The highest BCUT2D eigenvalue weighted by Crippen LogP contribution is 2.43. The number of imidazole rings is 1. The molecule has 0 aliphatic heterocycles. The number of ether oxygens (including phenoxy) is 1. The molecule has 2 aromatic rings. The minimum atomic E-state index is -0.314. The lowest BCUT2D eigenvalue weighted by Gasteiger charge is -2.19. The summed E-state index contributed by atoms with van der Waals surface area (Å²) in [5, 5.41) is 0. The van der Waals surface area contributed by atoms with Gasteiger partial charge in [0, 0.05) is 0 Å². The molecule has 0 N–H and O–H groups in total. The Morgan fingerprint density at radius 3 is 2.90 bits per heavy atom. The average molecular weight is 284 g/mol. The van der Waals surface area contributed by atoms with Crippen molar-refractivity contribution in [2.45, 2.75) is 38.6 Å². The predicted molar refractivity (Wildman–Crippen MR) is 80.4 cm³/mol. The van der Waals surface area contributed by atoms with Gasteiger partial charge in [0.1, 0.15) is 5.69 Å². The maximum absolute atomic E-state index is 12.0. The Morgan fingerprint density at radius 2 is 2.19 bits per heavy atom. The molecule has 0 bridgehead atoms. The molecule has 4 nitrogen and oxygen atoms in total. The van der Waals surface area contributed by atoms with Crippen molar-refractivity contribution in [3.05, 3.63) is 53.6 Å². The molecule has 21 heavy (non-hydrogen) atoms. The zero-order valence-corrected chi connectivity index (χ0v) is 12.5. The Kier molecular flexibility index (Phi) is 3.78. The first-order valence-corrected chi connectivity index (χ1v) is 7.50. The van der Waals surface area contributed by atoms with E-state index in [1.54, 1.807) is 12.5 Å². The fraction of sp³-hybridized carbons (Fsp3) is 0.412. The van der Waals surface area contributed by atoms with E-state index < -0.39 is 0 Å². The van der Waals surface area contributed by atoms with Gasteiger partial charge < -0.3 is 9.30 Å².